The van der Waals surface area contributed by atoms with Crippen LogP contribution in [0.2, 0.25) is 0 Å². The molecule has 0 aliphatic heterocycles. The van der Waals surface area contributed by atoms with Gasteiger partial charge in [0, 0.05) is 120 Å². The second-order valence-electron chi connectivity index (χ2n) is 23.1. The highest BCUT2D eigenvalue weighted by Gasteiger charge is 2.22. The number of benzene rings is 13. The predicted octanol–water partition coefficient (Wildman–Crippen LogP) is 24.1. The van der Waals surface area contributed by atoms with Gasteiger partial charge in [0.25, 0.3) is 0 Å². The molecular formula is C84H73N7. The normalized spacial score (nSPS) is 11.1. The van der Waals surface area contributed by atoms with E-state index in [-0.39, 0.29) is 12.1 Å². The Kier molecular flexibility index (Phi) is 17.5. The number of anilines is 19. The Bertz CT molecular complexity index is 4080. The molecule has 0 aliphatic rings. The lowest BCUT2D eigenvalue weighted by molar-refractivity contribution is 0.789. The zero-order valence-electron chi connectivity index (χ0n) is 51.8. The minimum atomic E-state index is 0.281. The van der Waals surface area contributed by atoms with Crippen LogP contribution >= 0.6 is 0 Å². The number of hydrogen-bond donors (Lipinski definition) is 0. The van der Waals surface area contributed by atoms with Gasteiger partial charge in [-0.15, -0.1) is 0 Å². The molecule has 444 valence electrons. The van der Waals surface area contributed by atoms with Gasteiger partial charge in [-0.2, -0.15) is 0 Å². The average Bonchev–Trinajstić information content (AvgIpc) is 1.26. The van der Waals surface area contributed by atoms with Gasteiger partial charge in [0.15, 0.2) is 0 Å². The van der Waals surface area contributed by atoms with Gasteiger partial charge in [-0.1, -0.05) is 127 Å². The lowest BCUT2D eigenvalue weighted by Crippen LogP contribution is -2.25. The summed E-state index contributed by atoms with van der Waals surface area (Å²) in [6.45, 7) is 8.95. The molecule has 0 saturated carbocycles. The molecule has 0 unspecified atom stereocenters. The molecule has 0 N–H and O–H groups in total. The quantitative estimate of drug-likeness (QED) is 0.0706. The number of hydrogen-bond acceptors (Lipinski definition) is 7. The molecule has 13 rings (SSSR count). The second kappa shape index (κ2) is 27.2. The molecular weight excluding hydrogens is 1110 g/mol. The van der Waals surface area contributed by atoms with Crippen molar-refractivity contribution in [3.8, 4) is 0 Å². The Morgan fingerprint density at radius 2 is 0.231 bits per heavy atom. The summed E-state index contributed by atoms with van der Waals surface area (Å²) in [5, 5.41) is 0. The summed E-state index contributed by atoms with van der Waals surface area (Å²) < 4.78 is 0. The summed E-state index contributed by atoms with van der Waals surface area (Å²) in [5.41, 5.74) is 20.5. The Labute approximate surface area is 537 Å². The lowest BCUT2D eigenvalue weighted by Gasteiger charge is -2.31. The van der Waals surface area contributed by atoms with Crippen molar-refractivity contribution in [2.45, 2.75) is 39.8 Å². The molecule has 0 spiro atoms. The van der Waals surface area contributed by atoms with Gasteiger partial charge < -0.3 is 34.3 Å². The van der Waals surface area contributed by atoms with Gasteiger partial charge >= 0.3 is 0 Å². The molecule has 0 heterocycles. The zero-order valence-corrected chi connectivity index (χ0v) is 51.8. The van der Waals surface area contributed by atoms with Crippen LogP contribution in [0.25, 0.3) is 0 Å². The third kappa shape index (κ3) is 12.9. The largest absolute Gasteiger partial charge is 0.339 e. The van der Waals surface area contributed by atoms with E-state index in [9.17, 15) is 0 Å². The average molecular weight is 1180 g/mol. The van der Waals surface area contributed by atoms with Crippen LogP contribution in [0.1, 0.15) is 27.7 Å². The number of para-hydroxylation sites is 7. The SMILES string of the molecule is CC(C)N(c1ccccc1)c1ccc(N(c2ccccc2)c2ccc(N(c3ccccc3)c3ccc(N(c4ccccc4)c4ccc(N(c5ccccc5)c5ccc(N(c6ccccc6)c6ccc(N(c7ccccc7)C(C)C)cc6)cc5)cc4)cc3)cc2)cc1. The predicted molar refractivity (Wildman–Crippen MR) is 387 cm³/mol. The van der Waals surface area contributed by atoms with Crippen molar-refractivity contribution >= 4 is 108 Å². The summed E-state index contributed by atoms with van der Waals surface area (Å²) in [6, 6.07) is 128. The molecule has 91 heavy (non-hydrogen) atoms. The minimum Gasteiger partial charge on any atom is -0.339 e. The van der Waals surface area contributed by atoms with Crippen molar-refractivity contribution in [3.63, 3.8) is 0 Å². The van der Waals surface area contributed by atoms with Crippen LogP contribution in [0, 0.1) is 0 Å². The Hall–Kier alpha value is -11.5. The monoisotopic (exact) mass is 1180 g/mol. The van der Waals surface area contributed by atoms with Crippen LogP contribution in [0.4, 0.5) is 108 Å². The smallest absolute Gasteiger partial charge is 0.0463 e. The topological polar surface area (TPSA) is 22.7 Å². The van der Waals surface area contributed by atoms with E-state index in [1.165, 1.54) is 11.4 Å². The molecule has 13 aromatic carbocycles. The first-order chi connectivity index (χ1) is 44.8. The summed E-state index contributed by atoms with van der Waals surface area (Å²) in [4.78, 5) is 16.4. The fourth-order valence-corrected chi connectivity index (χ4v) is 12.3. The molecule has 13 aromatic rings. The molecule has 0 aromatic heterocycles. The van der Waals surface area contributed by atoms with Gasteiger partial charge in [-0.25, -0.2) is 0 Å². The van der Waals surface area contributed by atoms with Crippen molar-refractivity contribution in [2.24, 2.45) is 0 Å². The highest BCUT2D eigenvalue weighted by atomic mass is 15.2. The van der Waals surface area contributed by atoms with Gasteiger partial charge in [0.05, 0.1) is 0 Å². The summed E-state index contributed by atoms with van der Waals surface area (Å²) in [6.07, 6.45) is 0. The van der Waals surface area contributed by atoms with Crippen LogP contribution in [-0.4, -0.2) is 12.1 Å². The van der Waals surface area contributed by atoms with Crippen LogP contribution in [-0.2, 0) is 0 Å². The van der Waals surface area contributed by atoms with E-state index in [0.717, 1.165) is 96.7 Å². The number of nitrogens with zero attached hydrogens (tertiary/aromatic N) is 7. The van der Waals surface area contributed by atoms with Crippen molar-refractivity contribution in [1.29, 1.82) is 0 Å². The van der Waals surface area contributed by atoms with E-state index < -0.39 is 0 Å². The highest BCUT2D eigenvalue weighted by Crippen LogP contribution is 2.45. The van der Waals surface area contributed by atoms with Crippen molar-refractivity contribution < 1.29 is 0 Å². The second-order valence-corrected chi connectivity index (χ2v) is 23.1. The van der Waals surface area contributed by atoms with Crippen LogP contribution in [0.3, 0.4) is 0 Å². The van der Waals surface area contributed by atoms with Gasteiger partial charge in [0.1, 0.15) is 0 Å². The van der Waals surface area contributed by atoms with E-state index >= 15 is 0 Å². The van der Waals surface area contributed by atoms with Gasteiger partial charge in [-0.05, 0) is 258 Å². The molecule has 0 aliphatic carbocycles. The Morgan fingerprint density at radius 3 is 0.363 bits per heavy atom. The maximum atomic E-state index is 2.38. The maximum Gasteiger partial charge on any atom is 0.0463 e. The first kappa shape index (κ1) is 58.5. The summed E-state index contributed by atoms with van der Waals surface area (Å²) in [5.74, 6) is 0. The van der Waals surface area contributed by atoms with E-state index in [0.29, 0.717) is 0 Å². The molecule has 7 nitrogen and oxygen atoms in total. The van der Waals surface area contributed by atoms with Crippen LogP contribution < -0.4 is 34.3 Å². The minimum absolute atomic E-state index is 0.281. The van der Waals surface area contributed by atoms with Gasteiger partial charge in [-0.3, -0.25) is 0 Å². The number of rotatable bonds is 21. The van der Waals surface area contributed by atoms with Crippen LogP contribution in [0.5, 0.6) is 0 Å². The summed E-state index contributed by atoms with van der Waals surface area (Å²) in [7, 11) is 0. The molecule has 0 atom stereocenters. The zero-order chi connectivity index (χ0) is 61.9. The first-order valence-electron chi connectivity index (χ1n) is 31.4. The van der Waals surface area contributed by atoms with Crippen molar-refractivity contribution in [1.82, 2.24) is 0 Å². The van der Waals surface area contributed by atoms with Crippen molar-refractivity contribution in [2.75, 3.05) is 34.3 Å². The van der Waals surface area contributed by atoms with Gasteiger partial charge in [0.2, 0.25) is 0 Å². The van der Waals surface area contributed by atoms with Crippen LogP contribution in [0.15, 0.2) is 358 Å². The standard InChI is InChI=1S/C84H73N7/c1-64(2)85(66-26-12-5-13-27-66)73-40-44-75(45-41-73)87(68-30-16-7-17-31-68)77-48-52-79(53-49-77)89(70-34-20-9-21-35-70)81-56-60-83(61-57-81)91(72-38-24-11-25-39-72)84-62-58-82(59-63-84)90(71-36-22-10-23-37-71)80-54-50-78(51-55-80)88(69-32-18-8-19-33-69)76-46-42-74(43-47-76)86(65(3)4)67-28-14-6-15-29-67/h5-65H,1-4H3. The molecule has 0 fully saturated rings. The fourth-order valence-electron chi connectivity index (χ4n) is 12.3. The highest BCUT2D eigenvalue weighted by molar-refractivity contribution is 5.87. The lowest BCUT2D eigenvalue weighted by atomic mass is 10.1. The third-order valence-electron chi connectivity index (χ3n) is 16.4. The Balaban J connectivity index is 0.793. The van der Waals surface area contributed by atoms with E-state index in [1.807, 2.05) is 0 Å². The van der Waals surface area contributed by atoms with E-state index in [1.54, 1.807) is 0 Å². The molecule has 0 bridgehead atoms. The molecule has 0 saturated heterocycles. The first-order valence-corrected chi connectivity index (χ1v) is 31.4. The Morgan fingerprint density at radius 1 is 0.132 bits per heavy atom. The molecule has 0 amide bonds. The summed E-state index contributed by atoms with van der Waals surface area (Å²) >= 11 is 0. The molecule has 0 radical (unpaired) electrons. The third-order valence-corrected chi connectivity index (χ3v) is 16.4. The maximum absolute atomic E-state index is 2.38. The van der Waals surface area contributed by atoms with E-state index in [4.69, 9.17) is 0 Å². The van der Waals surface area contributed by atoms with E-state index in [2.05, 4.69) is 420 Å². The molecule has 7 heteroatoms. The fraction of sp³-hybridized carbons (Fsp3) is 0.0714. The van der Waals surface area contributed by atoms with Crippen molar-refractivity contribution in [3.05, 3.63) is 358 Å².